The van der Waals surface area contributed by atoms with Gasteiger partial charge in [-0.15, -0.1) is 0 Å². The topological polar surface area (TPSA) is 59.4 Å². The zero-order chi connectivity index (χ0) is 7.68. The second kappa shape index (κ2) is 2.19. The van der Waals surface area contributed by atoms with Crippen LogP contribution in [0.25, 0.3) is 11.4 Å². The molecular weight excluding hydrogens is 142 g/mol. The molecule has 5 nitrogen and oxygen atoms in total. The van der Waals surface area contributed by atoms with Gasteiger partial charge in [-0.05, 0) is 6.07 Å². The van der Waals surface area contributed by atoms with E-state index in [1.54, 1.807) is 17.1 Å². The zero-order valence-electron chi connectivity index (χ0n) is 6.02. The largest absolute Gasteiger partial charge is 0.266 e. The van der Waals surface area contributed by atoms with E-state index in [0.29, 0.717) is 0 Å². The molecule has 0 fully saturated rings. The molecule has 5 heteroatoms. The second-order valence-corrected chi connectivity index (χ2v) is 2.20. The molecule has 0 aromatic carbocycles. The van der Waals surface area contributed by atoms with Crippen LogP contribution in [0.3, 0.4) is 0 Å². The van der Waals surface area contributed by atoms with Gasteiger partial charge in [-0.3, -0.25) is 4.68 Å². The number of aromatic nitrogens is 5. The van der Waals surface area contributed by atoms with Gasteiger partial charge in [0.15, 0.2) is 0 Å². The van der Waals surface area contributed by atoms with Crippen molar-refractivity contribution in [2.24, 2.45) is 7.05 Å². The smallest absolute Gasteiger partial charge is 0.130 e. The fraction of sp³-hybridized carbons (Fsp3) is 0.167. The van der Waals surface area contributed by atoms with Gasteiger partial charge in [-0.2, -0.15) is 20.5 Å². The maximum atomic E-state index is 4.01. The summed E-state index contributed by atoms with van der Waals surface area (Å²) in [5.41, 5.74) is 1.77. The van der Waals surface area contributed by atoms with Crippen LogP contribution in [0.15, 0.2) is 18.5 Å². The number of aryl methyl sites for hydroxylation is 1. The minimum absolute atomic E-state index is 0.810. The molecule has 0 saturated heterocycles. The van der Waals surface area contributed by atoms with Gasteiger partial charge in [0.1, 0.15) is 5.69 Å². The average Bonchev–Trinajstić information content (AvgIpc) is 2.55. The van der Waals surface area contributed by atoms with Crippen LogP contribution in [0, 0.1) is 0 Å². The Kier molecular flexibility index (Phi) is 1.21. The van der Waals surface area contributed by atoms with Gasteiger partial charge >= 0.3 is 0 Å². The summed E-state index contributed by atoms with van der Waals surface area (Å²) in [6.07, 6.45) is 3.39. The number of hydrogen-bond acceptors (Lipinski definition) is 3. The average molecular weight is 149 g/mol. The highest BCUT2D eigenvalue weighted by atomic mass is 15.3. The van der Waals surface area contributed by atoms with Crippen LogP contribution in [0.2, 0.25) is 0 Å². The van der Waals surface area contributed by atoms with Crippen LogP contribution in [0.1, 0.15) is 0 Å². The van der Waals surface area contributed by atoms with Crippen LogP contribution in [-0.4, -0.2) is 25.2 Å². The fourth-order valence-corrected chi connectivity index (χ4v) is 0.950. The molecule has 0 saturated carbocycles. The van der Waals surface area contributed by atoms with E-state index in [1.165, 1.54) is 0 Å². The Hall–Kier alpha value is -1.65. The quantitative estimate of drug-likeness (QED) is 0.630. The lowest BCUT2D eigenvalue weighted by atomic mass is 10.3. The van der Waals surface area contributed by atoms with Gasteiger partial charge in [0.2, 0.25) is 0 Å². The van der Waals surface area contributed by atoms with E-state index in [2.05, 4.69) is 20.5 Å². The van der Waals surface area contributed by atoms with Crippen molar-refractivity contribution < 1.29 is 0 Å². The number of nitrogens with zero attached hydrogens (tertiary/aromatic N) is 4. The minimum Gasteiger partial charge on any atom is -0.266 e. The molecule has 0 spiro atoms. The third-order valence-corrected chi connectivity index (χ3v) is 1.50. The molecule has 2 heterocycles. The number of aromatic amines is 1. The summed E-state index contributed by atoms with van der Waals surface area (Å²) in [6, 6.07) is 1.89. The Morgan fingerprint density at radius 3 is 3.00 bits per heavy atom. The molecule has 0 atom stereocenters. The van der Waals surface area contributed by atoms with Gasteiger partial charge in [-0.1, -0.05) is 0 Å². The first-order chi connectivity index (χ1) is 5.38. The van der Waals surface area contributed by atoms with E-state index >= 15 is 0 Å². The van der Waals surface area contributed by atoms with Crippen LogP contribution in [0.5, 0.6) is 0 Å². The molecule has 2 aromatic heterocycles. The van der Waals surface area contributed by atoms with Crippen LogP contribution in [-0.2, 0) is 7.05 Å². The Morgan fingerprint density at radius 1 is 1.55 bits per heavy atom. The van der Waals surface area contributed by atoms with Crippen molar-refractivity contribution in [2.45, 2.75) is 0 Å². The van der Waals surface area contributed by atoms with Gasteiger partial charge in [0, 0.05) is 13.2 Å². The Bertz CT molecular complexity index is 333. The number of H-pyrrole nitrogens is 1. The van der Waals surface area contributed by atoms with Gasteiger partial charge < -0.3 is 0 Å². The maximum Gasteiger partial charge on any atom is 0.130 e. The lowest BCUT2D eigenvalue weighted by Gasteiger charge is -1.93. The van der Waals surface area contributed by atoms with Crippen LogP contribution in [0.4, 0.5) is 0 Å². The molecule has 0 radical (unpaired) electrons. The number of hydrogen-bond donors (Lipinski definition) is 1. The van der Waals surface area contributed by atoms with E-state index in [1.807, 2.05) is 13.1 Å². The predicted octanol–water partition coefficient (Wildman–Crippen LogP) is 0.205. The van der Waals surface area contributed by atoms with E-state index in [9.17, 15) is 0 Å². The lowest BCUT2D eigenvalue weighted by molar-refractivity contribution is 0.772. The summed E-state index contributed by atoms with van der Waals surface area (Å²) in [5, 5.41) is 14.2. The first-order valence-electron chi connectivity index (χ1n) is 3.22. The lowest BCUT2D eigenvalue weighted by Crippen LogP contribution is -1.92. The Morgan fingerprint density at radius 2 is 2.45 bits per heavy atom. The van der Waals surface area contributed by atoms with Crippen molar-refractivity contribution in [2.75, 3.05) is 0 Å². The molecule has 11 heavy (non-hydrogen) atoms. The first-order valence-corrected chi connectivity index (χ1v) is 3.22. The Labute approximate surface area is 63.0 Å². The zero-order valence-corrected chi connectivity index (χ0v) is 6.02. The molecule has 0 aliphatic heterocycles. The second-order valence-electron chi connectivity index (χ2n) is 2.20. The SMILES string of the molecule is Cn1nccc1-c1cn[nH]n1. The van der Waals surface area contributed by atoms with Gasteiger partial charge in [0.05, 0.1) is 11.9 Å². The number of nitrogens with one attached hydrogen (secondary N) is 1. The van der Waals surface area contributed by atoms with Crippen molar-refractivity contribution in [1.82, 2.24) is 25.2 Å². The van der Waals surface area contributed by atoms with E-state index in [-0.39, 0.29) is 0 Å². The van der Waals surface area contributed by atoms with Crippen molar-refractivity contribution in [3.8, 4) is 11.4 Å². The van der Waals surface area contributed by atoms with Crippen molar-refractivity contribution in [3.63, 3.8) is 0 Å². The fourth-order valence-electron chi connectivity index (χ4n) is 0.950. The minimum atomic E-state index is 0.810. The highest BCUT2D eigenvalue weighted by Crippen LogP contribution is 2.11. The molecule has 0 aliphatic rings. The summed E-state index contributed by atoms with van der Waals surface area (Å²) >= 11 is 0. The molecular formula is C6H7N5. The summed E-state index contributed by atoms with van der Waals surface area (Å²) in [7, 11) is 1.87. The van der Waals surface area contributed by atoms with E-state index < -0.39 is 0 Å². The van der Waals surface area contributed by atoms with Gasteiger partial charge in [-0.25, -0.2) is 0 Å². The van der Waals surface area contributed by atoms with Crippen molar-refractivity contribution in [3.05, 3.63) is 18.5 Å². The summed E-state index contributed by atoms with van der Waals surface area (Å²) < 4.78 is 1.75. The third-order valence-electron chi connectivity index (χ3n) is 1.50. The summed E-state index contributed by atoms with van der Waals surface area (Å²) in [4.78, 5) is 0. The molecule has 0 amide bonds. The van der Waals surface area contributed by atoms with Crippen molar-refractivity contribution >= 4 is 0 Å². The van der Waals surface area contributed by atoms with Gasteiger partial charge in [0.25, 0.3) is 0 Å². The molecule has 0 unspecified atom stereocenters. The summed E-state index contributed by atoms with van der Waals surface area (Å²) in [6.45, 7) is 0. The summed E-state index contributed by atoms with van der Waals surface area (Å²) in [5.74, 6) is 0. The van der Waals surface area contributed by atoms with E-state index in [4.69, 9.17) is 0 Å². The van der Waals surface area contributed by atoms with Crippen molar-refractivity contribution in [1.29, 1.82) is 0 Å². The molecule has 0 aliphatic carbocycles. The number of rotatable bonds is 1. The third kappa shape index (κ3) is 0.899. The molecule has 2 aromatic rings. The molecule has 0 bridgehead atoms. The molecule has 56 valence electrons. The Balaban J connectivity index is 2.53. The predicted molar refractivity (Wildman–Crippen MR) is 38.6 cm³/mol. The molecule has 1 N–H and O–H groups in total. The highest BCUT2D eigenvalue weighted by molar-refractivity contribution is 5.51. The van der Waals surface area contributed by atoms with E-state index in [0.717, 1.165) is 11.4 Å². The molecule has 2 rings (SSSR count). The first kappa shape index (κ1) is 6.09. The van der Waals surface area contributed by atoms with Crippen LogP contribution >= 0.6 is 0 Å². The maximum absolute atomic E-state index is 4.01. The monoisotopic (exact) mass is 149 g/mol. The normalized spacial score (nSPS) is 10.3. The van der Waals surface area contributed by atoms with Crippen LogP contribution < -0.4 is 0 Å². The standard InChI is InChI=1S/C6H7N5/c1-11-6(2-3-8-11)5-4-7-10-9-5/h2-4H,1H3,(H,7,9,10). The highest BCUT2D eigenvalue weighted by Gasteiger charge is 2.03.